The fourth-order valence-electron chi connectivity index (χ4n) is 3.47. The smallest absolute Gasteiger partial charge is 0.330 e. The third kappa shape index (κ3) is 7.21. The number of rotatable bonds is 3. The first kappa shape index (κ1) is 26.7. The average molecular weight is 457 g/mol. The molecule has 0 aromatic rings. The molecule has 0 bridgehead atoms. The Morgan fingerprint density at radius 3 is 2.50 bits per heavy atom. The summed E-state index contributed by atoms with van der Waals surface area (Å²) in [7, 11) is 0. The van der Waals surface area contributed by atoms with E-state index in [9.17, 15) is 30.3 Å². The summed E-state index contributed by atoms with van der Waals surface area (Å²) in [5.41, 5.74) is -0.721. The van der Waals surface area contributed by atoms with Gasteiger partial charge in [0.2, 0.25) is 0 Å². The number of ether oxygens (including phenoxy) is 3. The highest BCUT2D eigenvalue weighted by Gasteiger charge is 2.44. The molecule has 1 saturated heterocycles. The summed E-state index contributed by atoms with van der Waals surface area (Å²) >= 11 is 0. The van der Waals surface area contributed by atoms with Crippen LogP contribution >= 0.6 is 0 Å². The van der Waals surface area contributed by atoms with E-state index < -0.39 is 55.0 Å². The van der Waals surface area contributed by atoms with Crippen LogP contribution in [0.2, 0.25) is 0 Å². The molecule has 32 heavy (non-hydrogen) atoms. The molecule has 182 valence electrons. The van der Waals surface area contributed by atoms with E-state index in [0.29, 0.717) is 6.42 Å². The highest BCUT2D eigenvalue weighted by atomic mass is 16.7. The second kappa shape index (κ2) is 11.5. The van der Waals surface area contributed by atoms with Crippen molar-refractivity contribution >= 4 is 5.97 Å². The summed E-state index contributed by atoms with van der Waals surface area (Å²) in [6.07, 6.45) is 0.782. The second-order valence-corrected chi connectivity index (χ2v) is 8.82. The summed E-state index contributed by atoms with van der Waals surface area (Å²) in [4.78, 5) is 12.0. The number of esters is 1. The van der Waals surface area contributed by atoms with Crippen LogP contribution in [0.4, 0.5) is 0 Å². The van der Waals surface area contributed by atoms with Gasteiger partial charge in [-0.25, -0.2) is 4.79 Å². The van der Waals surface area contributed by atoms with Crippen molar-refractivity contribution in [3.05, 3.63) is 36.0 Å². The van der Waals surface area contributed by atoms with Crippen LogP contribution < -0.4 is 0 Å². The van der Waals surface area contributed by atoms with Crippen LogP contribution in [0.25, 0.3) is 0 Å². The van der Waals surface area contributed by atoms with E-state index in [-0.39, 0.29) is 12.0 Å². The fourth-order valence-corrected chi connectivity index (χ4v) is 3.47. The Labute approximate surface area is 188 Å². The first-order chi connectivity index (χ1) is 14.9. The van der Waals surface area contributed by atoms with Gasteiger partial charge in [-0.2, -0.15) is 0 Å². The minimum absolute atomic E-state index is 0.0974. The molecule has 0 spiro atoms. The monoisotopic (exact) mass is 456 g/mol. The zero-order valence-electron chi connectivity index (χ0n) is 19.0. The summed E-state index contributed by atoms with van der Waals surface area (Å²) < 4.78 is 16.7. The van der Waals surface area contributed by atoms with Gasteiger partial charge in [-0.1, -0.05) is 25.2 Å². The van der Waals surface area contributed by atoms with Crippen molar-refractivity contribution in [1.82, 2.24) is 0 Å². The van der Waals surface area contributed by atoms with Crippen LogP contribution in [0.5, 0.6) is 0 Å². The van der Waals surface area contributed by atoms with E-state index in [2.05, 4.69) is 0 Å². The number of allylic oxidation sites excluding steroid dienone is 1. The Kier molecular flexibility index (Phi) is 9.59. The van der Waals surface area contributed by atoms with Gasteiger partial charge in [-0.15, -0.1) is 0 Å². The Morgan fingerprint density at radius 2 is 1.84 bits per heavy atom. The molecule has 1 fully saturated rings. The lowest BCUT2D eigenvalue weighted by molar-refractivity contribution is -0.305. The van der Waals surface area contributed by atoms with Crippen LogP contribution in [-0.4, -0.2) is 86.6 Å². The molecule has 0 amide bonds. The topological polar surface area (TPSA) is 146 Å². The molecule has 0 radical (unpaired) electrons. The minimum atomic E-state index is -1.56. The molecule has 0 unspecified atom stereocenters. The van der Waals surface area contributed by atoms with Gasteiger partial charge in [0.25, 0.3) is 0 Å². The molecule has 2 heterocycles. The van der Waals surface area contributed by atoms with Gasteiger partial charge in [0, 0.05) is 6.08 Å². The molecule has 0 aromatic carbocycles. The first-order valence-electron chi connectivity index (χ1n) is 10.9. The van der Waals surface area contributed by atoms with E-state index >= 15 is 0 Å². The van der Waals surface area contributed by atoms with Gasteiger partial charge in [-0.3, -0.25) is 0 Å². The summed E-state index contributed by atoms with van der Waals surface area (Å²) in [6, 6.07) is 0. The predicted molar refractivity (Wildman–Crippen MR) is 115 cm³/mol. The van der Waals surface area contributed by atoms with Crippen LogP contribution in [0.3, 0.4) is 0 Å². The lowest BCUT2D eigenvalue weighted by Gasteiger charge is -2.40. The number of hydrogen-bond donors (Lipinski definition) is 5. The molecule has 2 aliphatic rings. The molecule has 0 saturated carbocycles. The number of hydrogen-bond acceptors (Lipinski definition) is 9. The van der Waals surface area contributed by atoms with E-state index in [1.807, 2.05) is 26.8 Å². The second-order valence-electron chi connectivity index (χ2n) is 8.82. The molecule has 2 aliphatic heterocycles. The number of aliphatic hydroxyl groups is 5. The Bertz CT molecular complexity index is 712. The van der Waals surface area contributed by atoms with Crippen molar-refractivity contribution in [3.63, 3.8) is 0 Å². The van der Waals surface area contributed by atoms with Crippen LogP contribution in [0.15, 0.2) is 36.0 Å². The quantitative estimate of drug-likeness (QED) is 0.300. The van der Waals surface area contributed by atoms with Gasteiger partial charge < -0.3 is 39.7 Å². The van der Waals surface area contributed by atoms with Crippen molar-refractivity contribution in [2.45, 2.75) is 89.1 Å². The molecular formula is C23H36O9. The van der Waals surface area contributed by atoms with E-state index in [1.54, 1.807) is 6.08 Å². The van der Waals surface area contributed by atoms with E-state index in [4.69, 9.17) is 14.2 Å². The predicted octanol–water partition coefficient (Wildman–Crippen LogP) is 0.343. The molecular weight excluding hydrogens is 420 g/mol. The lowest BCUT2D eigenvalue weighted by Crippen LogP contribution is -2.59. The molecule has 9 atom stereocenters. The summed E-state index contributed by atoms with van der Waals surface area (Å²) in [5.74, 6) is -0.448. The first-order valence-corrected chi connectivity index (χ1v) is 10.9. The standard InChI is InChI=1S/C23H36O9/c1-13-6-5-7-14(2)16(8-10-23(4,29)11-9-18(25)30-15(13)3)31-22-21(28)20(27)19(26)17(12-24)32-22/h7-11,13,15-17,19-22,24,26-29H,5-6,12H2,1-4H3/b10-8?,11-9-,14-7+/t13-,15+,16-,17+,19+,20-,21+,22-,23+/m0/s1. The Hall–Kier alpha value is -1.59. The van der Waals surface area contributed by atoms with E-state index in [0.717, 1.165) is 12.0 Å². The maximum Gasteiger partial charge on any atom is 0.330 e. The number of cyclic esters (lactones) is 1. The molecule has 5 N–H and O–H groups in total. The Balaban J connectivity index is 2.30. The highest BCUT2D eigenvalue weighted by Crippen LogP contribution is 2.26. The third-order valence-corrected chi connectivity index (χ3v) is 5.93. The Morgan fingerprint density at radius 1 is 1.16 bits per heavy atom. The highest BCUT2D eigenvalue weighted by molar-refractivity contribution is 5.82. The zero-order valence-corrected chi connectivity index (χ0v) is 19.0. The van der Waals surface area contributed by atoms with Crippen molar-refractivity contribution in [2.75, 3.05) is 6.61 Å². The van der Waals surface area contributed by atoms with Gasteiger partial charge in [-0.05, 0) is 51.2 Å². The van der Waals surface area contributed by atoms with Crippen LogP contribution in [-0.2, 0) is 19.0 Å². The molecule has 0 aliphatic carbocycles. The maximum atomic E-state index is 12.0. The minimum Gasteiger partial charge on any atom is -0.459 e. The molecule has 0 aromatic heterocycles. The number of aliphatic hydroxyl groups excluding tert-OH is 4. The maximum absolute atomic E-state index is 12.0. The van der Waals surface area contributed by atoms with Gasteiger partial charge >= 0.3 is 5.97 Å². The van der Waals surface area contributed by atoms with Crippen molar-refractivity contribution in [3.8, 4) is 0 Å². The zero-order chi connectivity index (χ0) is 24.1. The van der Waals surface area contributed by atoms with Crippen molar-refractivity contribution < 1.29 is 44.5 Å². The van der Waals surface area contributed by atoms with Crippen molar-refractivity contribution in [2.24, 2.45) is 5.92 Å². The lowest BCUT2D eigenvalue weighted by atomic mass is 9.97. The van der Waals surface area contributed by atoms with Gasteiger partial charge in [0.15, 0.2) is 6.29 Å². The summed E-state index contributed by atoms with van der Waals surface area (Å²) in [6.45, 7) is 6.54. The van der Waals surface area contributed by atoms with Gasteiger partial charge in [0.1, 0.15) is 30.5 Å². The molecule has 9 nitrogen and oxygen atoms in total. The SMILES string of the molecule is C/C1=C\CC[C@H](C)[C@@H](C)OC(=O)/C=C\[C@](C)(O)C=C[C@@H]1O[C@H]1O[C@H](CO)[C@@H](O)[C@H](O)[C@H]1O. The van der Waals surface area contributed by atoms with Crippen LogP contribution in [0.1, 0.15) is 40.5 Å². The number of carbonyl (C=O) groups excluding carboxylic acids is 1. The van der Waals surface area contributed by atoms with Crippen LogP contribution in [0, 0.1) is 5.92 Å². The van der Waals surface area contributed by atoms with E-state index in [1.165, 1.54) is 25.2 Å². The molecule has 9 heteroatoms. The van der Waals surface area contributed by atoms with Crippen molar-refractivity contribution in [1.29, 1.82) is 0 Å². The average Bonchev–Trinajstić information content (AvgIpc) is 2.74. The summed E-state index contributed by atoms with van der Waals surface area (Å²) in [5, 5.41) is 50.3. The normalized spacial score (nSPS) is 44.8. The largest absolute Gasteiger partial charge is 0.459 e. The number of carbonyl (C=O) groups is 1. The molecule has 2 rings (SSSR count). The van der Waals surface area contributed by atoms with Gasteiger partial charge in [0.05, 0.1) is 18.3 Å². The fraction of sp³-hybridized carbons (Fsp3) is 0.696. The third-order valence-electron chi connectivity index (χ3n) is 5.93.